The van der Waals surface area contributed by atoms with Gasteiger partial charge in [-0.1, -0.05) is 17.7 Å². The number of carbonyl (C=O) groups excluding carboxylic acids is 1. The molecular weight excluding hydrogens is 340 g/mol. The first-order valence-electron chi connectivity index (χ1n) is 7.81. The zero-order valence-corrected chi connectivity index (χ0v) is 15.3. The van der Waals surface area contributed by atoms with Gasteiger partial charge in [-0.25, -0.2) is 8.42 Å². The molecule has 2 aromatic carbocycles. The Kier molecular flexibility index (Phi) is 6.17. The number of aryl methyl sites for hydroxylation is 1. The number of carbonyl (C=O) groups is 1. The maximum atomic E-state index is 12.3. The smallest absolute Gasteiger partial charge is 0.261 e. The number of benzene rings is 2. The predicted molar refractivity (Wildman–Crippen MR) is 97.2 cm³/mol. The van der Waals surface area contributed by atoms with Gasteiger partial charge in [0.25, 0.3) is 15.9 Å². The third kappa shape index (κ3) is 5.30. The number of ether oxygens (including phenoxy) is 1. The van der Waals surface area contributed by atoms with Gasteiger partial charge in [0.05, 0.1) is 11.5 Å². The van der Waals surface area contributed by atoms with E-state index in [1.54, 1.807) is 55.6 Å². The highest BCUT2D eigenvalue weighted by Crippen LogP contribution is 2.17. The number of rotatable bonds is 7. The molecule has 0 aliphatic rings. The molecule has 2 aromatic rings. The summed E-state index contributed by atoms with van der Waals surface area (Å²) in [6.07, 6.45) is 0. The highest BCUT2D eigenvalue weighted by molar-refractivity contribution is 7.92. The van der Waals surface area contributed by atoms with Crippen LogP contribution in [0.2, 0.25) is 0 Å². The minimum atomic E-state index is -3.66. The van der Waals surface area contributed by atoms with Gasteiger partial charge in [0.2, 0.25) is 0 Å². The Bertz CT molecular complexity index is 815. The normalized spacial score (nSPS) is 12.4. The van der Waals surface area contributed by atoms with Crippen molar-refractivity contribution in [3.05, 3.63) is 59.7 Å². The SMILES string of the molecule is COC[C@H](C)NC(=O)c1ccc(NS(=O)(=O)c2ccc(C)cc2)cc1. The molecule has 0 bridgehead atoms. The van der Waals surface area contributed by atoms with E-state index in [1.807, 2.05) is 13.8 Å². The van der Waals surface area contributed by atoms with Gasteiger partial charge in [-0.05, 0) is 50.2 Å². The monoisotopic (exact) mass is 362 g/mol. The van der Waals surface area contributed by atoms with Gasteiger partial charge in [0, 0.05) is 24.4 Å². The molecule has 0 radical (unpaired) electrons. The van der Waals surface area contributed by atoms with E-state index in [-0.39, 0.29) is 16.8 Å². The van der Waals surface area contributed by atoms with E-state index in [4.69, 9.17) is 4.74 Å². The maximum Gasteiger partial charge on any atom is 0.261 e. The Hall–Kier alpha value is -2.38. The van der Waals surface area contributed by atoms with Crippen LogP contribution in [0.25, 0.3) is 0 Å². The van der Waals surface area contributed by atoms with Crippen LogP contribution in [0.15, 0.2) is 53.4 Å². The number of nitrogens with one attached hydrogen (secondary N) is 2. The fraction of sp³-hybridized carbons (Fsp3) is 0.278. The van der Waals surface area contributed by atoms with Crippen molar-refractivity contribution in [1.29, 1.82) is 0 Å². The number of methoxy groups -OCH3 is 1. The lowest BCUT2D eigenvalue weighted by atomic mass is 10.2. The fourth-order valence-electron chi connectivity index (χ4n) is 2.22. The van der Waals surface area contributed by atoms with Crippen LogP contribution in [0, 0.1) is 6.92 Å². The fourth-order valence-corrected chi connectivity index (χ4v) is 3.28. The molecule has 6 nitrogen and oxygen atoms in total. The molecule has 134 valence electrons. The Balaban J connectivity index is 2.07. The summed E-state index contributed by atoms with van der Waals surface area (Å²) in [6, 6.07) is 12.7. The molecular formula is C18H22N2O4S. The molecule has 0 saturated heterocycles. The molecule has 0 aliphatic carbocycles. The second-order valence-electron chi connectivity index (χ2n) is 5.83. The third-order valence-corrected chi connectivity index (χ3v) is 4.92. The summed E-state index contributed by atoms with van der Waals surface area (Å²) in [4.78, 5) is 12.3. The van der Waals surface area contributed by atoms with Crippen LogP contribution < -0.4 is 10.0 Å². The van der Waals surface area contributed by atoms with E-state index in [0.717, 1.165) is 5.56 Å². The molecule has 2 N–H and O–H groups in total. The van der Waals surface area contributed by atoms with Crippen LogP contribution in [0.3, 0.4) is 0 Å². The van der Waals surface area contributed by atoms with Gasteiger partial charge in [-0.2, -0.15) is 0 Å². The Morgan fingerprint density at radius 2 is 1.68 bits per heavy atom. The van der Waals surface area contributed by atoms with Gasteiger partial charge < -0.3 is 10.1 Å². The molecule has 0 saturated carbocycles. The van der Waals surface area contributed by atoms with Crippen LogP contribution in [0.5, 0.6) is 0 Å². The zero-order valence-electron chi connectivity index (χ0n) is 14.4. The van der Waals surface area contributed by atoms with Crippen LogP contribution in [0.4, 0.5) is 5.69 Å². The molecule has 0 fully saturated rings. The maximum absolute atomic E-state index is 12.3. The van der Waals surface area contributed by atoms with E-state index in [0.29, 0.717) is 17.9 Å². The number of amides is 1. The summed E-state index contributed by atoms with van der Waals surface area (Å²) in [5.74, 6) is -0.238. The van der Waals surface area contributed by atoms with E-state index < -0.39 is 10.0 Å². The number of hydrogen-bond acceptors (Lipinski definition) is 4. The Labute approximate surface area is 148 Å². The molecule has 0 heterocycles. The molecule has 1 amide bonds. The van der Waals surface area contributed by atoms with Crippen molar-refractivity contribution < 1.29 is 17.9 Å². The molecule has 25 heavy (non-hydrogen) atoms. The minimum Gasteiger partial charge on any atom is -0.383 e. The van der Waals surface area contributed by atoms with Crippen molar-refractivity contribution in [1.82, 2.24) is 5.32 Å². The zero-order chi connectivity index (χ0) is 18.4. The van der Waals surface area contributed by atoms with Gasteiger partial charge >= 0.3 is 0 Å². The van der Waals surface area contributed by atoms with Crippen molar-refractivity contribution in [3.8, 4) is 0 Å². The van der Waals surface area contributed by atoms with Crippen LogP contribution in [0.1, 0.15) is 22.8 Å². The summed E-state index contributed by atoms with van der Waals surface area (Å²) in [5, 5.41) is 2.79. The summed E-state index contributed by atoms with van der Waals surface area (Å²) >= 11 is 0. The van der Waals surface area contributed by atoms with E-state index in [2.05, 4.69) is 10.0 Å². The predicted octanol–water partition coefficient (Wildman–Crippen LogP) is 2.56. The minimum absolute atomic E-state index is 0.114. The first-order valence-corrected chi connectivity index (χ1v) is 9.29. The van der Waals surface area contributed by atoms with Crippen molar-refractivity contribution in [3.63, 3.8) is 0 Å². The summed E-state index contributed by atoms with van der Waals surface area (Å²) in [6.45, 7) is 4.15. The molecule has 0 spiro atoms. The second-order valence-corrected chi connectivity index (χ2v) is 7.51. The molecule has 0 aliphatic heterocycles. The van der Waals surface area contributed by atoms with Crippen molar-refractivity contribution in [2.45, 2.75) is 24.8 Å². The largest absolute Gasteiger partial charge is 0.383 e. The molecule has 0 unspecified atom stereocenters. The van der Waals surface area contributed by atoms with Gasteiger partial charge in [0.15, 0.2) is 0 Å². The first-order chi connectivity index (χ1) is 11.8. The van der Waals surface area contributed by atoms with Gasteiger partial charge in [-0.3, -0.25) is 9.52 Å². The van der Waals surface area contributed by atoms with Gasteiger partial charge in [0.1, 0.15) is 0 Å². The van der Waals surface area contributed by atoms with Crippen LogP contribution in [-0.2, 0) is 14.8 Å². The average molecular weight is 362 g/mol. The van der Waals surface area contributed by atoms with Crippen molar-refractivity contribution in [2.75, 3.05) is 18.4 Å². The number of hydrogen-bond donors (Lipinski definition) is 2. The lowest BCUT2D eigenvalue weighted by Gasteiger charge is -2.13. The summed E-state index contributed by atoms with van der Waals surface area (Å²) in [7, 11) is -2.09. The van der Waals surface area contributed by atoms with Gasteiger partial charge in [-0.15, -0.1) is 0 Å². The average Bonchev–Trinajstić information content (AvgIpc) is 2.55. The van der Waals surface area contributed by atoms with E-state index >= 15 is 0 Å². The standard InChI is InChI=1S/C18H22N2O4S/c1-13-4-10-17(11-5-13)25(22,23)20-16-8-6-15(7-9-16)18(21)19-14(2)12-24-3/h4-11,14,20H,12H2,1-3H3,(H,19,21)/t14-/m0/s1. The van der Waals surface area contributed by atoms with Crippen molar-refractivity contribution in [2.24, 2.45) is 0 Å². The molecule has 1 atom stereocenters. The van der Waals surface area contributed by atoms with Crippen LogP contribution >= 0.6 is 0 Å². The van der Waals surface area contributed by atoms with Crippen molar-refractivity contribution >= 4 is 21.6 Å². The van der Waals surface area contributed by atoms with Crippen LogP contribution in [-0.4, -0.2) is 34.1 Å². The Morgan fingerprint density at radius 3 is 2.24 bits per heavy atom. The second kappa shape index (κ2) is 8.13. The molecule has 7 heteroatoms. The number of sulfonamides is 1. The summed E-state index contributed by atoms with van der Waals surface area (Å²) < 4.78 is 32.2. The number of anilines is 1. The molecule has 0 aromatic heterocycles. The topological polar surface area (TPSA) is 84.5 Å². The third-order valence-electron chi connectivity index (χ3n) is 3.52. The highest BCUT2D eigenvalue weighted by Gasteiger charge is 2.14. The van der Waals surface area contributed by atoms with E-state index in [9.17, 15) is 13.2 Å². The summed E-state index contributed by atoms with van der Waals surface area (Å²) in [5.41, 5.74) is 1.82. The highest BCUT2D eigenvalue weighted by atomic mass is 32.2. The Morgan fingerprint density at radius 1 is 1.08 bits per heavy atom. The lowest BCUT2D eigenvalue weighted by molar-refractivity contribution is 0.0905. The quantitative estimate of drug-likeness (QED) is 0.793. The molecule has 2 rings (SSSR count). The lowest BCUT2D eigenvalue weighted by Crippen LogP contribution is -2.35. The van der Waals surface area contributed by atoms with E-state index in [1.165, 1.54) is 0 Å². The first kappa shape index (κ1) is 19.0.